The van der Waals surface area contributed by atoms with Crippen molar-refractivity contribution in [1.82, 2.24) is 5.32 Å². The second-order valence-electron chi connectivity index (χ2n) is 6.84. The summed E-state index contributed by atoms with van der Waals surface area (Å²) in [5.74, 6) is -1.12. The first-order valence-corrected chi connectivity index (χ1v) is 9.63. The predicted molar refractivity (Wildman–Crippen MR) is 111 cm³/mol. The van der Waals surface area contributed by atoms with Crippen molar-refractivity contribution in [3.63, 3.8) is 0 Å². The van der Waals surface area contributed by atoms with E-state index >= 15 is 0 Å². The zero-order chi connectivity index (χ0) is 20.4. The summed E-state index contributed by atoms with van der Waals surface area (Å²) in [6, 6.07) is 18.4. The van der Waals surface area contributed by atoms with Crippen LogP contribution in [0.25, 0.3) is 0 Å². The van der Waals surface area contributed by atoms with E-state index in [0.29, 0.717) is 17.1 Å². The average Bonchev–Trinajstić information content (AvgIpc) is 3.15. The van der Waals surface area contributed by atoms with Crippen molar-refractivity contribution in [2.45, 2.75) is 13.0 Å². The van der Waals surface area contributed by atoms with E-state index in [4.69, 9.17) is 11.6 Å². The molecule has 3 aromatic rings. The lowest BCUT2D eigenvalue weighted by Gasteiger charge is -2.18. The van der Waals surface area contributed by atoms with E-state index in [1.165, 1.54) is 12.1 Å². The Morgan fingerprint density at radius 3 is 2.55 bits per heavy atom. The monoisotopic (exact) mass is 408 g/mol. The molecular weight excluding hydrogens is 391 g/mol. The Morgan fingerprint density at radius 1 is 1.03 bits per heavy atom. The lowest BCUT2D eigenvalue weighted by molar-refractivity contribution is 0.0945. The number of halogens is 2. The maximum Gasteiger partial charge on any atom is 0.258 e. The molecule has 0 aliphatic carbocycles. The molecule has 146 valence electrons. The summed E-state index contributed by atoms with van der Waals surface area (Å²) in [6.45, 7) is 0.839. The van der Waals surface area contributed by atoms with Gasteiger partial charge in [0.15, 0.2) is 0 Å². The van der Waals surface area contributed by atoms with Crippen molar-refractivity contribution in [3.05, 3.63) is 99.8 Å². The summed E-state index contributed by atoms with van der Waals surface area (Å²) >= 11 is 5.91. The van der Waals surface area contributed by atoms with Gasteiger partial charge in [-0.15, -0.1) is 0 Å². The van der Waals surface area contributed by atoms with Crippen molar-refractivity contribution in [1.29, 1.82) is 0 Å². The highest BCUT2D eigenvalue weighted by atomic mass is 35.5. The third-order valence-electron chi connectivity index (χ3n) is 4.95. The van der Waals surface area contributed by atoms with Crippen LogP contribution in [0.4, 0.5) is 10.1 Å². The fourth-order valence-electron chi connectivity index (χ4n) is 3.42. The number of hydrogen-bond acceptors (Lipinski definition) is 2. The van der Waals surface area contributed by atoms with Crippen LogP contribution in [0.2, 0.25) is 5.02 Å². The molecule has 1 aliphatic rings. The molecule has 1 N–H and O–H groups in total. The van der Waals surface area contributed by atoms with Crippen LogP contribution in [-0.4, -0.2) is 18.4 Å². The molecule has 6 heteroatoms. The smallest absolute Gasteiger partial charge is 0.258 e. The largest absolute Gasteiger partial charge is 0.348 e. The molecule has 0 atom stereocenters. The van der Waals surface area contributed by atoms with Crippen LogP contribution in [0, 0.1) is 5.82 Å². The zero-order valence-corrected chi connectivity index (χ0v) is 16.2. The molecule has 3 aromatic carbocycles. The Labute approximate surface area is 172 Å². The molecule has 1 aliphatic heterocycles. The molecular formula is C23H18ClFN2O2. The minimum atomic E-state index is -0.557. The SMILES string of the molecule is O=C(NCc1ccc2c(c1)N(C(=O)c1ccc(Cl)cc1)CC2)c1ccccc1F. The summed E-state index contributed by atoms with van der Waals surface area (Å²) in [6.07, 6.45) is 0.774. The summed E-state index contributed by atoms with van der Waals surface area (Å²) in [4.78, 5) is 26.9. The summed E-state index contributed by atoms with van der Waals surface area (Å²) in [7, 11) is 0. The first-order chi connectivity index (χ1) is 14.0. The number of hydrogen-bond donors (Lipinski definition) is 1. The normalized spacial score (nSPS) is 12.6. The quantitative estimate of drug-likeness (QED) is 0.685. The molecule has 0 aromatic heterocycles. The van der Waals surface area contributed by atoms with Crippen LogP contribution in [0.1, 0.15) is 31.8 Å². The van der Waals surface area contributed by atoms with Crippen molar-refractivity contribution in [2.24, 2.45) is 0 Å². The van der Waals surface area contributed by atoms with E-state index in [1.807, 2.05) is 18.2 Å². The van der Waals surface area contributed by atoms with Gasteiger partial charge in [-0.2, -0.15) is 0 Å². The Morgan fingerprint density at radius 2 is 1.79 bits per heavy atom. The summed E-state index contributed by atoms with van der Waals surface area (Å²) in [5.41, 5.74) is 3.33. The Kier molecular flexibility index (Phi) is 5.32. The third kappa shape index (κ3) is 4.00. The number of rotatable bonds is 4. The Bertz CT molecular complexity index is 1080. The van der Waals surface area contributed by atoms with E-state index in [1.54, 1.807) is 41.3 Å². The fourth-order valence-corrected chi connectivity index (χ4v) is 3.54. The standard InChI is InChI=1S/C23H18ClFN2O2/c24-18-9-7-17(8-10-18)23(29)27-12-11-16-6-5-15(13-21(16)27)14-26-22(28)19-3-1-2-4-20(19)25/h1-10,13H,11-12,14H2,(H,26,28). The zero-order valence-electron chi connectivity index (χ0n) is 15.5. The molecule has 0 saturated carbocycles. The molecule has 0 spiro atoms. The lowest BCUT2D eigenvalue weighted by Crippen LogP contribution is -2.29. The van der Waals surface area contributed by atoms with Gasteiger partial charge in [0.2, 0.25) is 0 Å². The molecule has 2 amide bonds. The number of fused-ring (bicyclic) bond motifs is 1. The number of nitrogens with one attached hydrogen (secondary N) is 1. The van der Waals surface area contributed by atoms with Crippen molar-refractivity contribution in [3.8, 4) is 0 Å². The average molecular weight is 409 g/mol. The van der Waals surface area contributed by atoms with Gasteiger partial charge >= 0.3 is 0 Å². The molecule has 0 radical (unpaired) electrons. The van der Waals surface area contributed by atoms with Crippen LogP contribution in [-0.2, 0) is 13.0 Å². The molecule has 0 bridgehead atoms. The van der Waals surface area contributed by atoms with Gasteiger partial charge in [-0.3, -0.25) is 9.59 Å². The van der Waals surface area contributed by atoms with Crippen LogP contribution in [0.15, 0.2) is 66.7 Å². The molecule has 4 rings (SSSR count). The van der Waals surface area contributed by atoms with Gasteiger partial charge in [0.25, 0.3) is 11.8 Å². The second-order valence-corrected chi connectivity index (χ2v) is 7.28. The van der Waals surface area contributed by atoms with Crippen LogP contribution < -0.4 is 10.2 Å². The van der Waals surface area contributed by atoms with Gasteiger partial charge in [-0.25, -0.2) is 4.39 Å². The predicted octanol–water partition coefficient (Wildman–Crippen LogP) is 4.61. The molecule has 0 fully saturated rings. The van der Waals surface area contributed by atoms with Gasteiger partial charge in [0.05, 0.1) is 5.56 Å². The van der Waals surface area contributed by atoms with E-state index < -0.39 is 11.7 Å². The lowest BCUT2D eigenvalue weighted by atomic mass is 10.1. The highest BCUT2D eigenvalue weighted by Crippen LogP contribution is 2.30. The number of anilines is 1. The van der Waals surface area contributed by atoms with E-state index in [9.17, 15) is 14.0 Å². The molecule has 29 heavy (non-hydrogen) atoms. The van der Waals surface area contributed by atoms with Crippen molar-refractivity contribution < 1.29 is 14.0 Å². The van der Waals surface area contributed by atoms with E-state index in [-0.39, 0.29) is 18.0 Å². The van der Waals surface area contributed by atoms with Crippen LogP contribution in [0.5, 0.6) is 0 Å². The number of carbonyl (C=O) groups is 2. The Balaban J connectivity index is 1.50. The Hall–Kier alpha value is -3.18. The first kappa shape index (κ1) is 19.2. The van der Waals surface area contributed by atoms with Gasteiger partial charge in [-0.1, -0.05) is 35.9 Å². The summed E-state index contributed by atoms with van der Waals surface area (Å²) < 4.78 is 13.8. The maximum atomic E-state index is 13.8. The highest BCUT2D eigenvalue weighted by molar-refractivity contribution is 6.30. The number of carbonyl (C=O) groups excluding carboxylic acids is 2. The van der Waals surface area contributed by atoms with Crippen molar-refractivity contribution in [2.75, 3.05) is 11.4 Å². The highest BCUT2D eigenvalue weighted by Gasteiger charge is 2.26. The molecule has 0 unspecified atom stereocenters. The van der Waals surface area contributed by atoms with Crippen molar-refractivity contribution >= 4 is 29.1 Å². The van der Waals surface area contributed by atoms with Gasteiger partial charge in [0, 0.05) is 29.4 Å². The van der Waals surface area contributed by atoms with Crippen LogP contribution in [0.3, 0.4) is 0 Å². The fraction of sp³-hybridized carbons (Fsp3) is 0.130. The minimum absolute atomic E-state index is 0.00760. The third-order valence-corrected chi connectivity index (χ3v) is 5.21. The summed E-state index contributed by atoms with van der Waals surface area (Å²) in [5, 5.41) is 3.31. The number of benzene rings is 3. The first-order valence-electron chi connectivity index (χ1n) is 9.25. The second kappa shape index (κ2) is 8.05. The molecule has 1 heterocycles. The molecule has 0 saturated heterocycles. The van der Waals surface area contributed by atoms with E-state index in [2.05, 4.69) is 5.32 Å². The van der Waals surface area contributed by atoms with Gasteiger partial charge < -0.3 is 10.2 Å². The number of amides is 2. The van der Waals surface area contributed by atoms with E-state index in [0.717, 1.165) is 23.2 Å². The van der Waals surface area contributed by atoms with Gasteiger partial charge in [0.1, 0.15) is 5.82 Å². The van der Waals surface area contributed by atoms with Crippen LogP contribution >= 0.6 is 11.6 Å². The van der Waals surface area contributed by atoms with Gasteiger partial charge in [-0.05, 0) is 60.0 Å². The maximum absolute atomic E-state index is 13.8. The number of nitrogens with zero attached hydrogens (tertiary/aromatic N) is 1. The minimum Gasteiger partial charge on any atom is -0.348 e. The topological polar surface area (TPSA) is 49.4 Å². The molecule has 4 nitrogen and oxygen atoms in total.